The molecule has 0 aliphatic heterocycles. The lowest BCUT2D eigenvalue weighted by molar-refractivity contribution is 0.228. The van der Waals surface area contributed by atoms with Crippen molar-refractivity contribution in [1.29, 1.82) is 0 Å². The molecular weight excluding hydrogens is 148 g/mol. The van der Waals surface area contributed by atoms with Crippen molar-refractivity contribution < 1.29 is 5.11 Å². The fourth-order valence-electron chi connectivity index (χ4n) is 1.28. The Balaban J connectivity index is 3.09. The van der Waals surface area contributed by atoms with Crippen LogP contribution in [0.25, 0.3) is 0 Å². The first-order valence-corrected chi connectivity index (χ1v) is 4.03. The van der Waals surface area contributed by atoms with Gasteiger partial charge < -0.3 is 5.11 Å². The number of benzene rings is 1. The highest BCUT2D eigenvalue weighted by atomic mass is 16.3. The number of aryl methyl sites for hydroxylation is 2. The molecule has 1 heteroatoms. The van der Waals surface area contributed by atoms with Gasteiger partial charge >= 0.3 is 0 Å². The van der Waals surface area contributed by atoms with Crippen LogP contribution >= 0.6 is 0 Å². The first kappa shape index (κ1) is 9.01. The molecule has 1 atom stereocenters. The fraction of sp³-hybridized carbons (Fsp3) is 0.273. The summed E-state index contributed by atoms with van der Waals surface area (Å²) in [6.45, 7) is 7.58. The minimum Gasteiger partial charge on any atom is -0.384 e. The molecule has 1 nitrogen and oxygen atoms in total. The Morgan fingerprint density at radius 3 is 2.58 bits per heavy atom. The van der Waals surface area contributed by atoms with Crippen LogP contribution in [0.15, 0.2) is 30.9 Å². The molecule has 1 aromatic carbocycles. The summed E-state index contributed by atoms with van der Waals surface area (Å²) in [6.07, 6.45) is 1.00. The van der Waals surface area contributed by atoms with E-state index in [-0.39, 0.29) is 0 Å². The topological polar surface area (TPSA) is 20.2 Å². The Hall–Kier alpha value is -1.08. The maximum absolute atomic E-state index is 9.48. The van der Waals surface area contributed by atoms with E-state index in [0.717, 1.165) is 11.1 Å². The zero-order valence-corrected chi connectivity index (χ0v) is 7.54. The third kappa shape index (κ3) is 1.74. The molecule has 1 rings (SSSR count). The molecule has 0 fully saturated rings. The maximum Gasteiger partial charge on any atom is 0.0971 e. The van der Waals surface area contributed by atoms with Gasteiger partial charge in [0, 0.05) is 0 Å². The fourth-order valence-corrected chi connectivity index (χ4v) is 1.28. The summed E-state index contributed by atoms with van der Waals surface area (Å²) in [5.74, 6) is 0. The second-order valence-electron chi connectivity index (χ2n) is 3.04. The van der Waals surface area contributed by atoms with E-state index in [2.05, 4.69) is 12.6 Å². The van der Waals surface area contributed by atoms with Gasteiger partial charge in [0.25, 0.3) is 0 Å². The Bertz CT molecular complexity index is 289. The molecule has 64 valence electrons. The third-order valence-corrected chi connectivity index (χ3v) is 1.97. The lowest BCUT2D eigenvalue weighted by Gasteiger charge is -2.09. The van der Waals surface area contributed by atoms with Crippen molar-refractivity contribution in [3.8, 4) is 0 Å². The van der Waals surface area contributed by atoms with Gasteiger partial charge in [0.05, 0.1) is 6.10 Å². The molecule has 0 heterocycles. The second-order valence-corrected chi connectivity index (χ2v) is 3.04. The smallest absolute Gasteiger partial charge is 0.0971 e. The molecule has 0 aliphatic rings. The first-order valence-electron chi connectivity index (χ1n) is 4.03. The van der Waals surface area contributed by atoms with Crippen molar-refractivity contribution >= 4 is 0 Å². The molecule has 0 saturated heterocycles. The Morgan fingerprint density at radius 2 is 2.08 bits per heavy atom. The van der Waals surface area contributed by atoms with E-state index in [1.807, 2.05) is 26.0 Å². The molecule has 0 aromatic heterocycles. The van der Waals surface area contributed by atoms with Crippen molar-refractivity contribution in [3.05, 3.63) is 47.5 Å². The van der Waals surface area contributed by atoms with E-state index >= 15 is 0 Å². The van der Waals surface area contributed by atoms with Crippen LogP contribution < -0.4 is 0 Å². The molecule has 0 radical (unpaired) electrons. The highest BCUT2D eigenvalue weighted by molar-refractivity contribution is 5.33. The van der Waals surface area contributed by atoms with E-state index < -0.39 is 6.10 Å². The Morgan fingerprint density at radius 1 is 1.42 bits per heavy atom. The van der Waals surface area contributed by atoms with Crippen molar-refractivity contribution in [2.75, 3.05) is 0 Å². The zero-order valence-electron chi connectivity index (χ0n) is 7.54. The van der Waals surface area contributed by atoms with Gasteiger partial charge in [-0.2, -0.15) is 0 Å². The second kappa shape index (κ2) is 3.55. The predicted molar refractivity (Wildman–Crippen MR) is 51.1 cm³/mol. The molecule has 1 aromatic rings. The number of aliphatic hydroxyl groups excluding tert-OH is 1. The minimum absolute atomic E-state index is 0.536. The first-order chi connectivity index (χ1) is 5.65. The van der Waals surface area contributed by atoms with E-state index in [9.17, 15) is 5.11 Å². The Kier molecular flexibility index (Phi) is 2.66. The summed E-state index contributed by atoms with van der Waals surface area (Å²) in [5, 5.41) is 9.48. The van der Waals surface area contributed by atoms with Gasteiger partial charge in [0.1, 0.15) is 0 Å². The van der Waals surface area contributed by atoms with Crippen LogP contribution in [0.4, 0.5) is 0 Å². The number of hydrogen-bond acceptors (Lipinski definition) is 1. The number of hydrogen-bond donors (Lipinski definition) is 1. The van der Waals surface area contributed by atoms with E-state index in [1.54, 1.807) is 0 Å². The lowest BCUT2D eigenvalue weighted by atomic mass is 10.0. The van der Waals surface area contributed by atoms with Gasteiger partial charge in [-0.15, -0.1) is 6.58 Å². The molecule has 0 aliphatic carbocycles. The van der Waals surface area contributed by atoms with Crippen LogP contribution in [0.3, 0.4) is 0 Å². The predicted octanol–water partition coefficient (Wildman–Crippen LogP) is 2.52. The summed E-state index contributed by atoms with van der Waals surface area (Å²) in [6, 6.07) is 5.99. The van der Waals surface area contributed by atoms with Crippen molar-refractivity contribution in [1.82, 2.24) is 0 Å². The quantitative estimate of drug-likeness (QED) is 0.662. The number of rotatable bonds is 2. The lowest BCUT2D eigenvalue weighted by Crippen LogP contribution is -1.95. The highest BCUT2D eigenvalue weighted by Gasteiger charge is 2.04. The third-order valence-electron chi connectivity index (χ3n) is 1.97. The Labute approximate surface area is 73.4 Å². The molecule has 12 heavy (non-hydrogen) atoms. The monoisotopic (exact) mass is 162 g/mol. The molecule has 0 saturated carbocycles. The van der Waals surface area contributed by atoms with Gasteiger partial charge in [-0.25, -0.2) is 0 Å². The summed E-state index contributed by atoms with van der Waals surface area (Å²) in [4.78, 5) is 0. The maximum atomic E-state index is 9.48. The standard InChI is InChI=1S/C11H14O/c1-4-11(12)10-6-5-8(2)7-9(10)3/h4-7,11-12H,1H2,2-3H3. The molecule has 0 spiro atoms. The summed E-state index contributed by atoms with van der Waals surface area (Å²) < 4.78 is 0. The molecule has 1 unspecified atom stereocenters. The molecule has 0 amide bonds. The van der Waals surface area contributed by atoms with Crippen LogP contribution in [-0.4, -0.2) is 5.11 Å². The van der Waals surface area contributed by atoms with Crippen molar-refractivity contribution in [2.24, 2.45) is 0 Å². The molecule has 0 bridgehead atoms. The average molecular weight is 162 g/mol. The molecular formula is C11H14O. The summed E-state index contributed by atoms with van der Waals surface area (Å²) >= 11 is 0. The van der Waals surface area contributed by atoms with Crippen LogP contribution in [0.5, 0.6) is 0 Å². The van der Waals surface area contributed by atoms with E-state index in [4.69, 9.17) is 0 Å². The van der Waals surface area contributed by atoms with Crippen LogP contribution in [0, 0.1) is 13.8 Å². The van der Waals surface area contributed by atoms with Gasteiger partial charge in [0.15, 0.2) is 0 Å². The summed E-state index contributed by atoms with van der Waals surface area (Å²) in [7, 11) is 0. The highest BCUT2D eigenvalue weighted by Crippen LogP contribution is 2.18. The van der Waals surface area contributed by atoms with Gasteiger partial charge in [-0.05, 0) is 25.0 Å². The van der Waals surface area contributed by atoms with Crippen LogP contribution in [0.2, 0.25) is 0 Å². The van der Waals surface area contributed by atoms with Gasteiger partial charge in [-0.1, -0.05) is 29.8 Å². The van der Waals surface area contributed by atoms with Gasteiger partial charge in [0.2, 0.25) is 0 Å². The summed E-state index contributed by atoms with van der Waals surface area (Å²) in [5.41, 5.74) is 3.27. The minimum atomic E-state index is -0.536. The van der Waals surface area contributed by atoms with Gasteiger partial charge in [-0.3, -0.25) is 0 Å². The zero-order chi connectivity index (χ0) is 9.14. The largest absolute Gasteiger partial charge is 0.384 e. The van der Waals surface area contributed by atoms with Crippen molar-refractivity contribution in [2.45, 2.75) is 20.0 Å². The molecule has 1 N–H and O–H groups in total. The SMILES string of the molecule is C=CC(O)c1ccc(C)cc1C. The van der Waals surface area contributed by atoms with Crippen LogP contribution in [-0.2, 0) is 0 Å². The normalized spacial score (nSPS) is 12.6. The van der Waals surface area contributed by atoms with E-state index in [1.165, 1.54) is 11.6 Å². The average Bonchev–Trinajstić information content (AvgIpc) is 2.03. The van der Waals surface area contributed by atoms with Crippen LogP contribution in [0.1, 0.15) is 22.8 Å². The van der Waals surface area contributed by atoms with E-state index in [0.29, 0.717) is 0 Å². The van der Waals surface area contributed by atoms with Crippen molar-refractivity contribution in [3.63, 3.8) is 0 Å². The number of aliphatic hydroxyl groups is 1.